The van der Waals surface area contributed by atoms with Crippen molar-refractivity contribution in [1.29, 1.82) is 0 Å². The topological polar surface area (TPSA) is 33.7 Å². The van der Waals surface area contributed by atoms with Crippen molar-refractivity contribution in [2.45, 2.75) is 18.6 Å². The Morgan fingerprint density at radius 3 is 2.36 bits per heavy atom. The lowest BCUT2D eigenvalue weighted by molar-refractivity contribution is -0.180. The van der Waals surface area contributed by atoms with E-state index in [0.29, 0.717) is 0 Å². The van der Waals surface area contributed by atoms with E-state index in [0.717, 1.165) is 44.3 Å². The summed E-state index contributed by atoms with van der Waals surface area (Å²) in [7, 11) is 1.86. The van der Waals surface area contributed by atoms with Crippen LogP contribution in [0.1, 0.15) is 12.8 Å². The predicted octanol–water partition coefficient (Wildman–Crippen LogP) is 0.330. The minimum Gasteiger partial charge on any atom is -0.366 e. The molecule has 1 spiro atoms. The molecule has 2 fully saturated rings. The second-order valence-electron chi connectivity index (χ2n) is 3.65. The number of rotatable bonds is 0. The summed E-state index contributed by atoms with van der Waals surface area (Å²) in [5.41, 5.74) is 0. The van der Waals surface area contributed by atoms with Crippen molar-refractivity contribution in [3.8, 4) is 0 Å². The molecule has 2 aliphatic rings. The monoisotopic (exact) mass is 216 g/mol. The van der Waals surface area contributed by atoms with Crippen LogP contribution in [0.25, 0.3) is 0 Å². The highest BCUT2D eigenvalue weighted by Crippen LogP contribution is 2.31. The summed E-state index contributed by atoms with van der Waals surface area (Å²) in [4.78, 5) is 2.16. The van der Waals surface area contributed by atoms with Gasteiger partial charge in [0.1, 0.15) is 0 Å². The Kier molecular flexibility index (Phi) is 2.90. The standard InChI is InChI=1S/C9H16N2O2S/c1-10-8(14)11-4-2-9(3-5-11)12-6-7-13-9/h2-7H2,1H3,(H,10,14). The Balaban J connectivity index is 1.88. The van der Waals surface area contributed by atoms with E-state index in [1.807, 2.05) is 7.05 Å². The number of likely N-dealkylation sites (tertiary alicyclic amines) is 1. The van der Waals surface area contributed by atoms with Gasteiger partial charge in [0, 0.05) is 33.0 Å². The maximum atomic E-state index is 5.63. The van der Waals surface area contributed by atoms with E-state index in [-0.39, 0.29) is 5.79 Å². The Morgan fingerprint density at radius 1 is 1.29 bits per heavy atom. The van der Waals surface area contributed by atoms with Crippen LogP contribution in [0, 0.1) is 0 Å². The molecule has 0 aliphatic carbocycles. The third-order valence-electron chi connectivity index (χ3n) is 2.84. The number of nitrogens with one attached hydrogen (secondary N) is 1. The van der Waals surface area contributed by atoms with Crippen molar-refractivity contribution >= 4 is 17.3 Å². The second kappa shape index (κ2) is 4.00. The van der Waals surface area contributed by atoms with Crippen LogP contribution in [0.4, 0.5) is 0 Å². The molecule has 0 radical (unpaired) electrons. The molecule has 2 heterocycles. The van der Waals surface area contributed by atoms with Gasteiger partial charge < -0.3 is 19.7 Å². The first-order chi connectivity index (χ1) is 6.76. The van der Waals surface area contributed by atoms with Crippen LogP contribution in [0.15, 0.2) is 0 Å². The zero-order valence-corrected chi connectivity index (χ0v) is 9.23. The normalized spacial score (nSPS) is 25.4. The molecule has 4 nitrogen and oxygen atoms in total. The maximum absolute atomic E-state index is 5.63. The Labute approximate surface area is 89.5 Å². The predicted molar refractivity (Wildman–Crippen MR) is 57.1 cm³/mol. The molecule has 0 saturated carbocycles. The van der Waals surface area contributed by atoms with E-state index in [2.05, 4.69) is 10.2 Å². The Bertz CT molecular complexity index is 219. The first kappa shape index (κ1) is 10.1. The van der Waals surface area contributed by atoms with Gasteiger partial charge in [-0.1, -0.05) is 0 Å². The highest BCUT2D eigenvalue weighted by Gasteiger charge is 2.40. The summed E-state index contributed by atoms with van der Waals surface area (Å²) in [6.07, 6.45) is 1.82. The lowest BCUT2D eigenvalue weighted by Gasteiger charge is -2.38. The molecular formula is C9H16N2O2S. The van der Waals surface area contributed by atoms with E-state index in [4.69, 9.17) is 21.7 Å². The molecule has 2 rings (SSSR count). The van der Waals surface area contributed by atoms with Gasteiger partial charge in [-0.2, -0.15) is 0 Å². The third-order valence-corrected chi connectivity index (χ3v) is 3.30. The SMILES string of the molecule is CNC(=S)N1CCC2(CC1)OCCO2. The molecule has 0 atom stereocenters. The molecule has 0 aromatic rings. The summed E-state index contributed by atoms with van der Waals surface area (Å²) >= 11 is 5.17. The maximum Gasteiger partial charge on any atom is 0.171 e. The van der Waals surface area contributed by atoms with Gasteiger partial charge in [-0.05, 0) is 12.2 Å². The first-order valence-electron chi connectivity index (χ1n) is 5.00. The number of thiocarbonyl (C=S) groups is 1. The fraction of sp³-hybridized carbons (Fsp3) is 0.889. The van der Waals surface area contributed by atoms with Crippen molar-refractivity contribution in [3.63, 3.8) is 0 Å². The number of piperidine rings is 1. The summed E-state index contributed by atoms with van der Waals surface area (Å²) in [5.74, 6) is -0.292. The van der Waals surface area contributed by atoms with E-state index < -0.39 is 0 Å². The average molecular weight is 216 g/mol. The number of hydrogen-bond acceptors (Lipinski definition) is 3. The lowest BCUT2D eigenvalue weighted by atomic mass is 10.0. The molecule has 0 bridgehead atoms. The van der Waals surface area contributed by atoms with E-state index in [1.54, 1.807) is 0 Å². The van der Waals surface area contributed by atoms with E-state index in [9.17, 15) is 0 Å². The number of hydrogen-bond donors (Lipinski definition) is 1. The van der Waals surface area contributed by atoms with Crippen LogP contribution in [-0.2, 0) is 9.47 Å². The van der Waals surface area contributed by atoms with E-state index >= 15 is 0 Å². The summed E-state index contributed by atoms with van der Waals surface area (Å²) in [6.45, 7) is 3.30. The summed E-state index contributed by atoms with van der Waals surface area (Å²) in [5, 5.41) is 3.81. The molecular weight excluding hydrogens is 200 g/mol. The zero-order chi connectivity index (χ0) is 10.0. The largest absolute Gasteiger partial charge is 0.366 e. The van der Waals surface area contributed by atoms with E-state index in [1.165, 1.54) is 0 Å². The van der Waals surface area contributed by atoms with Gasteiger partial charge >= 0.3 is 0 Å². The van der Waals surface area contributed by atoms with Crippen molar-refractivity contribution in [2.75, 3.05) is 33.4 Å². The molecule has 2 aliphatic heterocycles. The molecule has 14 heavy (non-hydrogen) atoms. The van der Waals surface area contributed by atoms with Crippen LogP contribution in [0.2, 0.25) is 0 Å². The van der Waals surface area contributed by atoms with Crippen molar-refractivity contribution < 1.29 is 9.47 Å². The summed E-state index contributed by atoms with van der Waals surface area (Å²) < 4.78 is 11.3. The van der Waals surface area contributed by atoms with Crippen LogP contribution in [-0.4, -0.2) is 49.2 Å². The van der Waals surface area contributed by atoms with Gasteiger partial charge in [-0.25, -0.2) is 0 Å². The quantitative estimate of drug-likeness (QED) is 0.590. The highest BCUT2D eigenvalue weighted by molar-refractivity contribution is 7.80. The average Bonchev–Trinajstić information content (AvgIpc) is 2.67. The Hall–Kier alpha value is -0.390. The van der Waals surface area contributed by atoms with Crippen LogP contribution in [0.3, 0.4) is 0 Å². The van der Waals surface area contributed by atoms with Gasteiger partial charge in [-0.15, -0.1) is 0 Å². The Morgan fingerprint density at radius 2 is 1.86 bits per heavy atom. The van der Waals surface area contributed by atoms with Crippen LogP contribution in [0.5, 0.6) is 0 Å². The molecule has 0 aromatic carbocycles. The minimum atomic E-state index is -0.292. The lowest BCUT2D eigenvalue weighted by Crippen LogP contribution is -2.49. The highest BCUT2D eigenvalue weighted by atomic mass is 32.1. The number of nitrogens with zero attached hydrogens (tertiary/aromatic N) is 1. The molecule has 2 saturated heterocycles. The van der Waals surface area contributed by atoms with Gasteiger partial charge in [0.05, 0.1) is 13.2 Å². The molecule has 0 unspecified atom stereocenters. The fourth-order valence-electron chi connectivity index (χ4n) is 1.99. The van der Waals surface area contributed by atoms with Crippen molar-refractivity contribution in [1.82, 2.24) is 10.2 Å². The molecule has 0 amide bonds. The number of ether oxygens (including phenoxy) is 2. The van der Waals surface area contributed by atoms with Crippen molar-refractivity contribution in [3.05, 3.63) is 0 Å². The fourth-order valence-corrected chi connectivity index (χ4v) is 2.18. The molecule has 80 valence electrons. The minimum absolute atomic E-state index is 0.292. The van der Waals surface area contributed by atoms with Gasteiger partial charge in [0.25, 0.3) is 0 Å². The molecule has 5 heteroatoms. The van der Waals surface area contributed by atoms with Crippen LogP contribution >= 0.6 is 12.2 Å². The second-order valence-corrected chi connectivity index (χ2v) is 4.04. The van der Waals surface area contributed by atoms with Gasteiger partial charge in [0.15, 0.2) is 10.9 Å². The molecule has 1 N–H and O–H groups in total. The summed E-state index contributed by atoms with van der Waals surface area (Å²) in [6, 6.07) is 0. The zero-order valence-electron chi connectivity index (χ0n) is 8.41. The molecule has 0 aromatic heterocycles. The third kappa shape index (κ3) is 1.85. The van der Waals surface area contributed by atoms with Gasteiger partial charge in [0.2, 0.25) is 0 Å². The van der Waals surface area contributed by atoms with Crippen molar-refractivity contribution in [2.24, 2.45) is 0 Å². The smallest absolute Gasteiger partial charge is 0.171 e. The first-order valence-corrected chi connectivity index (χ1v) is 5.41. The van der Waals surface area contributed by atoms with Gasteiger partial charge in [-0.3, -0.25) is 0 Å². The van der Waals surface area contributed by atoms with Crippen LogP contribution < -0.4 is 5.32 Å².